The van der Waals surface area contributed by atoms with Crippen molar-refractivity contribution in [2.45, 2.75) is 99.0 Å². The minimum Gasteiger partial charge on any atom is -0.507 e. The summed E-state index contributed by atoms with van der Waals surface area (Å²) >= 11 is 0. The van der Waals surface area contributed by atoms with Gasteiger partial charge in [-0.05, 0) is 72.7 Å². The molecule has 1 aliphatic carbocycles. The maximum absolute atomic E-state index is 13.0. The van der Waals surface area contributed by atoms with Crippen LogP contribution in [0.3, 0.4) is 0 Å². The second kappa shape index (κ2) is 24.6. The number of ether oxygens (including phenoxy) is 10. The first kappa shape index (κ1) is 57.6. The summed E-state index contributed by atoms with van der Waals surface area (Å²) in [5.74, 6) is -3.68. The zero-order valence-electron chi connectivity index (χ0n) is 41.9. The van der Waals surface area contributed by atoms with E-state index in [0.29, 0.717) is 11.1 Å². The van der Waals surface area contributed by atoms with E-state index in [2.05, 4.69) is 0 Å². The van der Waals surface area contributed by atoms with Crippen molar-refractivity contribution in [3.63, 3.8) is 0 Å². The molecule has 4 aliphatic heterocycles. The molecular formula is C53H57O26+. The van der Waals surface area contributed by atoms with Crippen LogP contribution in [0.2, 0.25) is 0 Å². The van der Waals surface area contributed by atoms with Gasteiger partial charge in [0, 0.05) is 23.8 Å². The normalized spacial score (nSPS) is 29.1. The van der Waals surface area contributed by atoms with Crippen LogP contribution >= 0.6 is 0 Å². The van der Waals surface area contributed by atoms with Crippen LogP contribution in [0, 0.1) is 0 Å². The third-order valence-corrected chi connectivity index (χ3v) is 12.9. The zero-order chi connectivity index (χ0) is 57.0. The Morgan fingerprint density at radius 3 is 1.84 bits per heavy atom. The lowest BCUT2D eigenvalue weighted by molar-refractivity contribution is -0.319. The SMILES string of the molecule is COc1cc(-c2oc3cc(=O)cc(O)c-3cc2OC2OC(COC3OC(C)C(OC(=O)C=Cc4ccc(OC5OC(COC(=[OH+])C=Cc6ccc(O)c(O)c6)C(O)C(O)C5O)cc4)C(O)C3O)C(O)C(O)C2O)cc(OC)c1O. The molecule has 8 rings (SSSR count). The Morgan fingerprint density at radius 1 is 0.608 bits per heavy atom. The maximum Gasteiger partial charge on any atom is 0.510 e. The van der Waals surface area contributed by atoms with Crippen LogP contribution in [0.5, 0.6) is 46.0 Å². The highest BCUT2D eigenvalue weighted by molar-refractivity contribution is 5.88. The number of aromatic hydroxyl groups is 4. The molecule has 15 unspecified atom stereocenters. The highest BCUT2D eigenvalue weighted by Gasteiger charge is 2.50. The molecule has 0 radical (unpaired) electrons. The molecule has 5 aliphatic rings. The number of hydrogen-bond donors (Lipinski definition) is 12. The molecule has 13 N–H and O–H groups in total. The van der Waals surface area contributed by atoms with E-state index in [9.17, 15) is 75.7 Å². The number of carbonyl (C=O) groups is 1. The Morgan fingerprint density at radius 2 is 1.20 bits per heavy atom. The van der Waals surface area contributed by atoms with Crippen molar-refractivity contribution in [2.24, 2.45) is 0 Å². The van der Waals surface area contributed by atoms with Crippen molar-refractivity contribution < 1.29 is 123 Å². The van der Waals surface area contributed by atoms with E-state index in [1.54, 1.807) is 0 Å². The number of benzene rings is 4. The lowest BCUT2D eigenvalue weighted by atomic mass is 9.98. The molecule has 3 fully saturated rings. The fourth-order valence-electron chi connectivity index (χ4n) is 8.57. The van der Waals surface area contributed by atoms with E-state index in [0.717, 1.165) is 24.3 Å². The average molecular weight is 1110 g/mol. The van der Waals surface area contributed by atoms with Gasteiger partial charge < -0.3 is 118 Å². The van der Waals surface area contributed by atoms with E-state index in [1.165, 1.54) is 94.0 Å². The maximum atomic E-state index is 13.0. The minimum atomic E-state index is -1.94. The van der Waals surface area contributed by atoms with Crippen molar-refractivity contribution in [1.82, 2.24) is 0 Å². The van der Waals surface area contributed by atoms with Gasteiger partial charge in [-0.3, -0.25) is 4.79 Å². The number of phenolic OH excluding ortho intramolecular Hbond substituents is 4. The standard InChI is InChI=1S/C53H56O26/c1-22-49(79-39(59)13-7-23-4-9-27(10-5-23)74-52-46(66)43(63)41(61)36(77-52)20-71-38(58)12-8-24-6-11-29(55)31(57)14-24)45(65)48(68)51(73-22)72-21-37-42(62)44(64)47(67)53(78-37)76-35-19-28-30(56)17-26(54)18-32(28)75-50(35)25-15-33(69-2)40(60)34(16-25)70-3/h4-19,22,36-37,41-49,51-53,55-57,60-68H,20-21H2,1-3H3/p+1. The fourth-order valence-corrected chi connectivity index (χ4v) is 8.57. The molecule has 79 heavy (non-hydrogen) atoms. The van der Waals surface area contributed by atoms with Gasteiger partial charge in [0.25, 0.3) is 0 Å². The molecule has 26 heteroatoms. The zero-order valence-corrected chi connectivity index (χ0v) is 41.9. The van der Waals surface area contributed by atoms with Crippen LogP contribution in [0.1, 0.15) is 18.1 Å². The highest BCUT2D eigenvalue weighted by atomic mass is 16.7. The lowest BCUT2D eigenvalue weighted by Crippen LogP contribution is -2.62. The topological polar surface area (TPSA) is 404 Å². The van der Waals surface area contributed by atoms with Crippen LogP contribution in [-0.4, -0.2) is 198 Å². The Kier molecular flexibility index (Phi) is 18.0. The van der Waals surface area contributed by atoms with Crippen molar-refractivity contribution in [2.75, 3.05) is 27.4 Å². The number of phenols is 4. The van der Waals surface area contributed by atoms with E-state index < -0.39 is 128 Å². The number of rotatable bonds is 17. The van der Waals surface area contributed by atoms with Gasteiger partial charge in [-0.15, -0.1) is 0 Å². The van der Waals surface area contributed by atoms with Crippen LogP contribution in [0.4, 0.5) is 0 Å². The molecular weight excluding hydrogens is 1050 g/mol. The monoisotopic (exact) mass is 1110 g/mol. The predicted octanol–water partition coefficient (Wildman–Crippen LogP) is -0.0352. The van der Waals surface area contributed by atoms with Crippen LogP contribution < -0.4 is 24.4 Å². The summed E-state index contributed by atoms with van der Waals surface area (Å²) in [7, 11) is 2.55. The molecule has 3 saturated heterocycles. The quantitative estimate of drug-likeness (QED) is 0.0252. The molecule has 3 aromatic rings. The molecule has 15 atom stereocenters. The van der Waals surface area contributed by atoms with Crippen molar-refractivity contribution in [3.05, 3.63) is 106 Å². The fraction of sp³-hybridized carbons (Fsp3) is 0.377. The second-order valence-corrected chi connectivity index (χ2v) is 18.3. The first-order valence-corrected chi connectivity index (χ1v) is 24.1. The third-order valence-electron chi connectivity index (χ3n) is 12.9. The Balaban J connectivity index is 0.848. The van der Waals surface area contributed by atoms with Crippen molar-refractivity contribution in [3.8, 4) is 68.6 Å². The number of methoxy groups -OCH3 is 2. The first-order chi connectivity index (χ1) is 37.6. The number of fused-ring (bicyclic) bond motifs is 1. The molecule has 0 bridgehead atoms. The number of aliphatic hydroxyl groups excluding tert-OH is 8. The lowest BCUT2D eigenvalue weighted by Gasteiger charge is -2.43. The molecule has 0 saturated carbocycles. The van der Waals surface area contributed by atoms with E-state index in [1.807, 2.05) is 0 Å². The van der Waals surface area contributed by atoms with Gasteiger partial charge in [-0.1, -0.05) is 18.2 Å². The summed E-state index contributed by atoms with van der Waals surface area (Å²) in [5, 5.41) is 127. The van der Waals surface area contributed by atoms with Gasteiger partial charge >= 0.3 is 11.9 Å². The van der Waals surface area contributed by atoms with Crippen molar-refractivity contribution in [1.29, 1.82) is 0 Å². The summed E-state index contributed by atoms with van der Waals surface area (Å²) in [6.07, 6.45) is -19.9. The Hall–Kier alpha value is -7.57. The van der Waals surface area contributed by atoms with Crippen molar-refractivity contribution >= 4 is 24.1 Å². The largest absolute Gasteiger partial charge is 0.510 e. The smallest absolute Gasteiger partial charge is 0.507 e. The van der Waals surface area contributed by atoms with Crippen LogP contribution in [-0.2, 0) is 33.2 Å². The highest BCUT2D eigenvalue weighted by Crippen LogP contribution is 2.46. The third kappa shape index (κ3) is 13.0. The molecule has 0 spiro atoms. The number of hydrogen-bond acceptors (Lipinski definition) is 25. The molecule has 3 aromatic carbocycles. The van der Waals surface area contributed by atoms with E-state index >= 15 is 0 Å². The Bertz CT molecular complexity index is 3010. The van der Waals surface area contributed by atoms with Gasteiger partial charge in [0.2, 0.25) is 24.9 Å². The number of aliphatic hydroxyl groups is 8. The summed E-state index contributed by atoms with van der Waals surface area (Å²) in [5.41, 5.74) is 0.360. The molecule has 424 valence electrons. The van der Waals surface area contributed by atoms with E-state index in [-0.39, 0.29) is 62.9 Å². The second-order valence-electron chi connectivity index (χ2n) is 18.3. The summed E-state index contributed by atoms with van der Waals surface area (Å²) < 4.78 is 62.0. The predicted molar refractivity (Wildman–Crippen MR) is 267 cm³/mol. The van der Waals surface area contributed by atoms with Gasteiger partial charge in [-0.2, -0.15) is 0 Å². The van der Waals surface area contributed by atoms with Crippen LogP contribution in [0.25, 0.3) is 34.8 Å². The number of carbonyl (C=O) groups excluding carboxylic acids is 2. The minimum absolute atomic E-state index is 0.0168. The molecule has 26 nitrogen and oxygen atoms in total. The molecule has 0 aromatic heterocycles. The first-order valence-electron chi connectivity index (χ1n) is 24.1. The molecule has 0 amide bonds. The summed E-state index contributed by atoms with van der Waals surface area (Å²) in [4.78, 5) is 35.5. The average Bonchev–Trinajstić information content (AvgIpc) is 3.51. The van der Waals surface area contributed by atoms with Gasteiger partial charge in [-0.25, -0.2) is 4.79 Å². The molecule has 4 heterocycles. The van der Waals surface area contributed by atoms with E-state index in [4.69, 9.17) is 51.8 Å². The van der Waals surface area contributed by atoms with Gasteiger partial charge in [0.05, 0.1) is 38.6 Å². The Labute approximate surface area is 447 Å². The summed E-state index contributed by atoms with van der Waals surface area (Å²) in [6.45, 7) is 0.260. The van der Waals surface area contributed by atoms with Gasteiger partial charge in [0.15, 0.2) is 58.4 Å². The number of esters is 2. The van der Waals surface area contributed by atoms with Gasteiger partial charge in [0.1, 0.15) is 72.2 Å². The van der Waals surface area contributed by atoms with Crippen LogP contribution in [0.15, 0.2) is 94.2 Å². The summed E-state index contributed by atoms with van der Waals surface area (Å²) in [6, 6.07) is 15.7.